The molecule has 0 fully saturated rings. The van der Waals surface area contributed by atoms with E-state index in [1.54, 1.807) is 6.08 Å². The first-order chi connectivity index (χ1) is 22.5. The van der Waals surface area contributed by atoms with Gasteiger partial charge in [0.1, 0.15) is 6.61 Å². The molecular weight excluding hydrogens is 576 g/mol. The second-order valence-electron chi connectivity index (χ2n) is 12.1. The summed E-state index contributed by atoms with van der Waals surface area (Å²) in [6, 6.07) is 0. The van der Waals surface area contributed by atoms with Crippen molar-refractivity contribution in [3.8, 4) is 0 Å². The number of aliphatic hydroxyl groups is 2. The van der Waals surface area contributed by atoms with Crippen LogP contribution in [-0.2, 0) is 19.1 Å². The van der Waals surface area contributed by atoms with Gasteiger partial charge in [0.2, 0.25) is 0 Å². The number of rotatable bonds is 32. The fraction of sp³-hybridized carbons (Fsp3) is 0.700. The Labute approximate surface area is 282 Å². The summed E-state index contributed by atoms with van der Waals surface area (Å²) in [7, 11) is 0. The summed E-state index contributed by atoms with van der Waals surface area (Å²) in [5.41, 5.74) is 0. The maximum Gasteiger partial charge on any atom is 0.306 e. The lowest BCUT2D eigenvalue weighted by Crippen LogP contribution is -2.28. The third-order valence-electron chi connectivity index (χ3n) is 7.68. The molecule has 0 rings (SSSR count). The number of aliphatic hydroxyl groups excluding tert-OH is 2. The molecule has 6 heteroatoms. The molecule has 0 saturated heterocycles. The smallest absolute Gasteiger partial charge is 0.306 e. The van der Waals surface area contributed by atoms with E-state index >= 15 is 0 Å². The number of esters is 2. The lowest BCUT2D eigenvalue weighted by molar-refractivity contribution is -0.161. The third kappa shape index (κ3) is 32.9. The highest BCUT2D eigenvalue weighted by atomic mass is 16.6. The van der Waals surface area contributed by atoms with E-state index in [1.165, 1.54) is 70.6 Å². The standard InChI is InChI=1S/C40H68O6/c1-3-5-7-9-11-13-15-17-19-21-23-25-27-29-33-40(44)46-38(35-41)36-45-39(43)34-30-32-37(42)31-28-26-24-22-20-18-16-14-12-10-8-6-4-2/h6,8,12,14,18,20,24,26,28,31,37-38,41-42H,3-5,7,9-11,13,15-17,19,21-23,25,27,29-30,32-36H2,1-2H3/b8-6-,14-12-,20-18-,26-24-,31-28+/t37?,38-/m0/s1. The molecule has 0 saturated carbocycles. The Morgan fingerprint density at radius 1 is 0.609 bits per heavy atom. The van der Waals surface area contributed by atoms with Gasteiger partial charge >= 0.3 is 11.9 Å². The van der Waals surface area contributed by atoms with Crippen molar-refractivity contribution >= 4 is 11.9 Å². The minimum Gasteiger partial charge on any atom is -0.462 e. The number of hydrogen-bond acceptors (Lipinski definition) is 6. The SMILES string of the molecule is CC/C=C\C/C=C\C/C=C\C/C=C\C=C\C(O)CCCC(=O)OC[C@H](CO)OC(=O)CCCCCCCCCCCCCCCC. The Morgan fingerprint density at radius 2 is 1.11 bits per heavy atom. The molecule has 2 atom stereocenters. The van der Waals surface area contributed by atoms with Gasteiger partial charge in [-0.3, -0.25) is 9.59 Å². The first-order valence-electron chi connectivity index (χ1n) is 18.5. The van der Waals surface area contributed by atoms with Crippen LogP contribution in [0.2, 0.25) is 0 Å². The molecule has 0 aromatic rings. The highest BCUT2D eigenvalue weighted by Crippen LogP contribution is 2.14. The van der Waals surface area contributed by atoms with Crippen molar-refractivity contribution in [1.29, 1.82) is 0 Å². The van der Waals surface area contributed by atoms with E-state index < -0.39 is 24.8 Å². The van der Waals surface area contributed by atoms with Crippen molar-refractivity contribution in [2.75, 3.05) is 13.2 Å². The Balaban J connectivity index is 3.79. The van der Waals surface area contributed by atoms with Gasteiger partial charge in [-0.2, -0.15) is 0 Å². The first kappa shape index (κ1) is 43.6. The lowest BCUT2D eigenvalue weighted by Gasteiger charge is -2.16. The van der Waals surface area contributed by atoms with Crippen LogP contribution in [0.15, 0.2) is 60.8 Å². The van der Waals surface area contributed by atoms with E-state index in [4.69, 9.17) is 9.47 Å². The molecule has 0 spiro atoms. The van der Waals surface area contributed by atoms with E-state index in [-0.39, 0.29) is 19.0 Å². The van der Waals surface area contributed by atoms with Crippen molar-refractivity contribution < 1.29 is 29.3 Å². The zero-order valence-electron chi connectivity index (χ0n) is 29.4. The fourth-order valence-electron chi connectivity index (χ4n) is 4.88. The van der Waals surface area contributed by atoms with Gasteiger partial charge in [0.05, 0.1) is 12.7 Å². The summed E-state index contributed by atoms with van der Waals surface area (Å²) in [5, 5.41) is 19.6. The minimum absolute atomic E-state index is 0.153. The van der Waals surface area contributed by atoms with Crippen LogP contribution in [0.4, 0.5) is 0 Å². The van der Waals surface area contributed by atoms with Crippen LogP contribution >= 0.6 is 0 Å². The van der Waals surface area contributed by atoms with E-state index in [0.29, 0.717) is 19.3 Å². The van der Waals surface area contributed by atoms with Gasteiger partial charge in [0, 0.05) is 12.8 Å². The van der Waals surface area contributed by atoms with Crippen LogP contribution in [0.1, 0.15) is 155 Å². The molecule has 0 aliphatic rings. The van der Waals surface area contributed by atoms with E-state index in [2.05, 4.69) is 50.3 Å². The van der Waals surface area contributed by atoms with Crippen LogP contribution < -0.4 is 0 Å². The summed E-state index contributed by atoms with van der Waals surface area (Å²) in [4.78, 5) is 24.2. The fourth-order valence-corrected chi connectivity index (χ4v) is 4.88. The molecule has 46 heavy (non-hydrogen) atoms. The number of carbonyl (C=O) groups excluding carboxylic acids is 2. The Hall–Kier alpha value is -2.44. The molecule has 0 heterocycles. The summed E-state index contributed by atoms with van der Waals surface area (Å²) < 4.78 is 10.5. The molecule has 0 aliphatic heterocycles. The Morgan fingerprint density at radius 3 is 1.65 bits per heavy atom. The molecule has 2 N–H and O–H groups in total. The largest absolute Gasteiger partial charge is 0.462 e. The minimum atomic E-state index is -0.845. The van der Waals surface area contributed by atoms with Crippen molar-refractivity contribution in [2.24, 2.45) is 0 Å². The zero-order chi connectivity index (χ0) is 33.8. The highest BCUT2D eigenvalue weighted by Gasteiger charge is 2.16. The monoisotopic (exact) mass is 645 g/mol. The average Bonchev–Trinajstić information content (AvgIpc) is 3.05. The van der Waals surface area contributed by atoms with Crippen LogP contribution in [0.3, 0.4) is 0 Å². The van der Waals surface area contributed by atoms with Crippen molar-refractivity contribution in [3.63, 3.8) is 0 Å². The molecule has 0 aromatic heterocycles. The number of allylic oxidation sites excluding steroid dienone is 9. The zero-order valence-corrected chi connectivity index (χ0v) is 29.4. The topological polar surface area (TPSA) is 93.1 Å². The van der Waals surface area contributed by atoms with E-state index in [0.717, 1.165) is 44.9 Å². The van der Waals surface area contributed by atoms with Gasteiger partial charge in [-0.05, 0) is 44.9 Å². The third-order valence-corrected chi connectivity index (χ3v) is 7.68. The predicted octanol–water partition coefficient (Wildman–Crippen LogP) is 10.2. The van der Waals surface area contributed by atoms with Crippen LogP contribution in [-0.4, -0.2) is 47.6 Å². The normalized spacial score (nSPS) is 13.6. The second kappa shape index (κ2) is 35.4. The molecule has 0 aromatic carbocycles. The summed E-state index contributed by atoms with van der Waals surface area (Å²) in [6.45, 7) is 3.84. The molecule has 6 nitrogen and oxygen atoms in total. The number of unbranched alkanes of at least 4 members (excludes halogenated alkanes) is 13. The quantitative estimate of drug-likeness (QED) is 0.0328. The van der Waals surface area contributed by atoms with Crippen LogP contribution in [0.25, 0.3) is 0 Å². The number of hydrogen-bond donors (Lipinski definition) is 2. The number of carbonyl (C=O) groups is 2. The van der Waals surface area contributed by atoms with Gasteiger partial charge in [0.25, 0.3) is 0 Å². The highest BCUT2D eigenvalue weighted by molar-refractivity contribution is 5.70. The maximum atomic E-state index is 12.1. The second-order valence-corrected chi connectivity index (χ2v) is 12.1. The Kier molecular flexibility index (Phi) is 33.5. The maximum absolute atomic E-state index is 12.1. The molecule has 1 unspecified atom stereocenters. The molecule has 0 aliphatic carbocycles. The average molecular weight is 645 g/mol. The van der Waals surface area contributed by atoms with E-state index in [1.807, 2.05) is 18.2 Å². The van der Waals surface area contributed by atoms with Gasteiger partial charge in [-0.25, -0.2) is 0 Å². The summed E-state index contributed by atoms with van der Waals surface area (Å²) >= 11 is 0. The van der Waals surface area contributed by atoms with Gasteiger partial charge in [-0.15, -0.1) is 0 Å². The Bertz CT molecular complexity index is 841. The summed E-state index contributed by atoms with van der Waals surface area (Å²) in [6.07, 6.45) is 41.7. The van der Waals surface area contributed by atoms with Gasteiger partial charge < -0.3 is 19.7 Å². The van der Waals surface area contributed by atoms with E-state index in [9.17, 15) is 19.8 Å². The van der Waals surface area contributed by atoms with Crippen molar-refractivity contribution in [2.45, 2.75) is 167 Å². The molecule has 0 radical (unpaired) electrons. The lowest BCUT2D eigenvalue weighted by atomic mass is 10.0. The van der Waals surface area contributed by atoms with Gasteiger partial charge in [-0.1, -0.05) is 158 Å². The molecule has 264 valence electrons. The molecular formula is C40H68O6. The van der Waals surface area contributed by atoms with Crippen LogP contribution in [0, 0.1) is 0 Å². The molecule has 0 bridgehead atoms. The number of ether oxygens (including phenoxy) is 2. The van der Waals surface area contributed by atoms with Gasteiger partial charge in [0.15, 0.2) is 6.10 Å². The molecule has 0 amide bonds. The first-order valence-corrected chi connectivity index (χ1v) is 18.5. The van der Waals surface area contributed by atoms with Crippen LogP contribution in [0.5, 0.6) is 0 Å². The summed E-state index contributed by atoms with van der Waals surface area (Å²) in [5.74, 6) is -0.797. The predicted molar refractivity (Wildman–Crippen MR) is 193 cm³/mol. The van der Waals surface area contributed by atoms with Crippen molar-refractivity contribution in [1.82, 2.24) is 0 Å². The van der Waals surface area contributed by atoms with Crippen molar-refractivity contribution in [3.05, 3.63) is 60.8 Å².